The van der Waals surface area contributed by atoms with Gasteiger partial charge in [-0.25, -0.2) is 9.59 Å². The molecular formula is C37H62N6O20. The Labute approximate surface area is 362 Å². The molecule has 63 heavy (non-hydrogen) atoms. The summed E-state index contributed by atoms with van der Waals surface area (Å²) in [4.78, 5) is 61.6. The number of urea groups is 1. The number of amides is 5. The van der Waals surface area contributed by atoms with Crippen molar-refractivity contribution in [3.8, 4) is 0 Å². The zero-order valence-electron chi connectivity index (χ0n) is 35.7. The summed E-state index contributed by atoms with van der Waals surface area (Å²) in [5.74, 6) is -5.09. The summed E-state index contributed by atoms with van der Waals surface area (Å²) in [7, 11) is 0. The average Bonchev–Trinajstić information content (AvgIpc) is 3.20. The molecule has 0 bridgehead atoms. The third kappa shape index (κ3) is 13.3. The summed E-state index contributed by atoms with van der Waals surface area (Å²) in [5, 5.41) is 89.0. The van der Waals surface area contributed by atoms with Crippen molar-refractivity contribution < 1.29 is 97.6 Å². The third-order valence-electron chi connectivity index (χ3n) is 10.5. The number of aliphatic hydroxyl groups excluding tert-OH is 6. The van der Waals surface area contributed by atoms with Gasteiger partial charge in [-0.2, -0.15) is 0 Å². The van der Waals surface area contributed by atoms with E-state index in [1.54, 1.807) is 0 Å². The monoisotopic (exact) mass is 910 g/mol. The van der Waals surface area contributed by atoms with E-state index in [4.69, 9.17) is 43.6 Å². The standard InChI is InChI=1S/C37H62N6O20/c1-13-22(47)25(50)19(41-16(4)44)34(58-13)63-31-27(52)26(51)30(32(53)54)62-36(31)61-29-21(43-18(6)46)35(59-15(3)24(29)49)60-28-20(42-17(5)45)33(57-14(2)23(28)48)56-12-8-11-40-37(55)39-10-7-9-38/h13-15,19-23,25-28,30-31,33-36,47-52H,7-12,38H2,1-6H3,(H,41,44)(H,42,45)(H,43,46)(H,53,54)(H2,39,40,55)/t13?,14?,15?,19?,20?,21?,22-,23+,25?,26+,27?,28?,30?,31?,33-,34+,35+,36-/m1/s1. The molecule has 3 fully saturated rings. The Hall–Kier alpha value is -4.03. The molecule has 0 radical (unpaired) electrons. The van der Waals surface area contributed by atoms with E-state index in [2.05, 4.69) is 26.6 Å². The van der Waals surface area contributed by atoms with Gasteiger partial charge >= 0.3 is 12.0 Å². The largest absolute Gasteiger partial charge is 0.506 e. The second-order valence-corrected chi connectivity index (χ2v) is 15.5. The van der Waals surface area contributed by atoms with Crippen molar-refractivity contribution in [2.24, 2.45) is 5.73 Å². The highest BCUT2D eigenvalue weighted by Crippen LogP contribution is 2.36. The molecule has 4 aliphatic rings. The van der Waals surface area contributed by atoms with E-state index in [-0.39, 0.29) is 13.2 Å². The van der Waals surface area contributed by atoms with Gasteiger partial charge in [0, 0.05) is 33.9 Å². The van der Waals surface area contributed by atoms with Gasteiger partial charge in [0.1, 0.15) is 60.9 Å². The number of aliphatic hydroxyl groups is 6. The highest BCUT2D eigenvalue weighted by atomic mass is 16.8. The Bertz CT molecular complexity index is 1610. The number of aliphatic carboxylic acids is 1. The minimum Gasteiger partial charge on any atom is -0.506 e. The fraction of sp³-hybridized carbons (Fsp3) is 0.811. The van der Waals surface area contributed by atoms with Crippen LogP contribution in [0, 0.1) is 0 Å². The number of hydrogen-bond acceptors (Lipinski definition) is 20. The lowest BCUT2D eigenvalue weighted by Crippen LogP contribution is -2.67. The van der Waals surface area contributed by atoms with Gasteiger partial charge in [-0.15, -0.1) is 0 Å². The number of carbonyl (C=O) groups is 5. The molecule has 26 heteroatoms. The summed E-state index contributed by atoms with van der Waals surface area (Å²) in [6.07, 6.45) is -24.0. The maximum Gasteiger partial charge on any atom is 0.335 e. The number of ether oxygens (including phenoxy) is 8. The SMILES string of the molecule is CC(=O)NC1C(O[C@@H]2OC(C(=O)O)[C@@H](O)C(O)C2O[C@@H]2OC(C)[C@@H](O)C(O)C2NC(C)=O)=C(O)C(C)O[C@H]1OC1C(NC(C)=O)[C@H](OCCCNC(=O)NCCCN)OC(C)[C@@H]1O. The Morgan fingerprint density at radius 3 is 1.83 bits per heavy atom. The van der Waals surface area contributed by atoms with Gasteiger partial charge in [0.15, 0.2) is 42.6 Å². The summed E-state index contributed by atoms with van der Waals surface area (Å²) in [6.45, 7) is 8.57. The molecule has 0 aliphatic carbocycles. The Morgan fingerprint density at radius 2 is 1.22 bits per heavy atom. The molecule has 5 amide bonds. The normalized spacial score (nSPS) is 38.2. The maximum atomic E-state index is 12.7. The summed E-state index contributed by atoms with van der Waals surface area (Å²) < 4.78 is 47.4. The molecule has 18 atom stereocenters. The predicted molar refractivity (Wildman–Crippen MR) is 208 cm³/mol. The molecule has 4 rings (SSSR count). The van der Waals surface area contributed by atoms with Crippen LogP contribution < -0.4 is 32.3 Å². The highest BCUT2D eigenvalue weighted by Gasteiger charge is 2.55. The van der Waals surface area contributed by atoms with E-state index in [1.165, 1.54) is 27.7 Å². The molecule has 4 heterocycles. The van der Waals surface area contributed by atoms with Crippen LogP contribution in [0.15, 0.2) is 11.5 Å². The van der Waals surface area contributed by atoms with Gasteiger partial charge in [0.25, 0.3) is 0 Å². The van der Waals surface area contributed by atoms with Gasteiger partial charge in [0.2, 0.25) is 24.0 Å². The first-order chi connectivity index (χ1) is 29.7. The predicted octanol–water partition coefficient (Wildman–Crippen LogP) is -5.04. The number of carbonyl (C=O) groups excluding carboxylic acids is 4. The molecule has 0 aromatic carbocycles. The van der Waals surface area contributed by atoms with Gasteiger partial charge in [-0.1, -0.05) is 0 Å². The van der Waals surface area contributed by atoms with Crippen LogP contribution in [0.1, 0.15) is 54.4 Å². The van der Waals surface area contributed by atoms with E-state index in [1.807, 2.05) is 0 Å². The minimum atomic E-state index is -2.18. The Balaban J connectivity index is 1.63. The molecule has 360 valence electrons. The minimum absolute atomic E-state index is 0.00211. The van der Waals surface area contributed by atoms with E-state index in [0.717, 1.165) is 13.8 Å². The molecule has 26 nitrogen and oxygen atoms in total. The van der Waals surface area contributed by atoms with Crippen LogP contribution in [0.25, 0.3) is 0 Å². The van der Waals surface area contributed by atoms with Crippen molar-refractivity contribution >= 4 is 29.7 Å². The number of nitrogens with two attached hydrogens (primary N) is 1. The van der Waals surface area contributed by atoms with Crippen molar-refractivity contribution in [2.45, 2.75) is 165 Å². The third-order valence-corrected chi connectivity index (χ3v) is 10.5. The number of carboxylic acid groups (broad SMARTS) is 1. The molecule has 4 aliphatic heterocycles. The molecule has 11 unspecified atom stereocenters. The van der Waals surface area contributed by atoms with Crippen molar-refractivity contribution in [3.63, 3.8) is 0 Å². The van der Waals surface area contributed by atoms with Crippen LogP contribution in [0.5, 0.6) is 0 Å². The number of hydrogen-bond donors (Lipinski definition) is 13. The molecule has 14 N–H and O–H groups in total. The Morgan fingerprint density at radius 1 is 0.651 bits per heavy atom. The van der Waals surface area contributed by atoms with Gasteiger partial charge in [0.05, 0.1) is 18.8 Å². The lowest BCUT2D eigenvalue weighted by molar-refractivity contribution is -0.347. The smallest absolute Gasteiger partial charge is 0.335 e. The Kier molecular flexibility index (Phi) is 19.0. The highest BCUT2D eigenvalue weighted by molar-refractivity contribution is 5.75. The topological polar surface area (TPSA) is 387 Å². The molecule has 0 aromatic heterocycles. The van der Waals surface area contributed by atoms with Crippen LogP contribution in [-0.4, -0.2) is 202 Å². The lowest BCUT2D eigenvalue weighted by atomic mass is 9.96. The fourth-order valence-electron chi connectivity index (χ4n) is 7.22. The van der Waals surface area contributed by atoms with Crippen molar-refractivity contribution in [3.05, 3.63) is 11.5 Å². The van der Waals surface area contributed by atoms with Gasteiger partial charge < -0.3 is 106 Å². The van der Waals surface area contributed by atoms with Crippen LogP contribution in [0.4, 0.5) is 4.79 Å². The van der Waals surface area contributed by atoms with Crippen molar-refractivity contribution in [1.82, 2.24) is 26.6 Å². The van der Waals surface area contributed by atoms with Crippen LogP contribution in [-0.2, 0) is 57.1 Å². The maximum absolute atomic E-state index is 12.7. The number of carboxylic acids is 1. The first-order valence-electron chi connectivity index (χ1n) is 20.5. The molecule has 0 aromatic rings. The van der Waals surface area contributed by atoms with Gasteiger partial charge in [-0.05, 0) is 40.2 Å². The van der Waals surface area contributed by atoms with Gasteiger partial charge in [-0.3, -0.25) is 14.4 Å². The fourth-order valence-corrected chi connectivity index (χ4v) is 7.22. The first-order valence-corrected chi connectivity index (χ1v) is 20.5. The first kappa shape index (κ1) is 51.6. The second kappa shape index (κ2) is 23.2. The quantitative estimate of drug-likeness (QED) is 0.0572. The number of nitrogens with one attached hydrogen (secondary N) is 5. The molecule has 3 saturated heterocycles. The van der Waals surface area contributed by atoms with E-state index in [9.17, 15) is 59.7 Å². The summed E-state index contributed by atoms with van der Waals surface area (Å²) in [6, 6.07) is -4.83. The molecule has 0 spiro atoms. The van der Waals surface area contributed by atoms with Crippen LogP contribution in [0.2, 0.25) is 0 Å². The van der Waals surface area contributed by atoms with Crippen LogP contribution >= 0.6 is 0 Å². The summed E-state index contributed by atoms with van der Waals surface area (Å²) >= 11 is 0. The van der Waals surface area contributed by atoms with Crippen molar-refractivity contribution in [2.75, 3.05) is 26.2 Å². The summed E-state index contributed by atoms with van der Waals surface area (Å²) in [5.41, 5.74) is 5.44. The second-order valence-electron chi connectivity index (χ2n) is 15.5. The zero-order valence-corrected chi connectivity index (χ0v) is 35.7. The van der Waals surface area contributed by atoms with E-state index < -0.39 is 152 Å². The zero-order chi connectivity index (χ0) is 46.9. The molecule has 0 saturated carbocycles. The van der Waals surface area contributed by atoms with E-state index in [0.29, 0.717) is 25.9 Å². The molecular weight excluding hydrogens is 848 g/mol. The average molecular weight is 911 g/mol. The van der Waals surface area contributed by atoms with E-state index >= 15 is 0 Å². The lowest BCUT2D eigenvalue weighted by Gasteiger charge is -2.48. The number of rotatable bonds is 18. The van der Waals surface area contributed by atoms with Crippen LogP contribution in [0.3, 0.4) is 0 Å². The van der Waals surface area contributed by atoms with Crippen molar-refractivity contribution in [1.29, 1.82) is 0 Å².